The van der Waals surface area contributed by atoms with E-state index in [1.165, 1.54) is 16.2 Å². The zero-order chi connectivity index (χ0) is 22.3. The average molecular weight is 446 g/mol. The number of aromatic nitrogens is 2. The summed E-state index contributed by atoms with van der Waals surface area (Å²) in [6, 6.07) is 23.9. The van der Waals surface area contributed by atoms with Crippen molar-refractivity contribution in [2.75, 3.05) is 5.32 Å². The Balaban J connectivity index is 1.47. The van der Waals surface area contributed by atoms with E-state index < -0.39 is 6.10 Å². The summed E-state index contributed by atoms with van der Waals surface area (Å²) in [5.74, 6) is 0.961. The fourth-order valence-corrected chi connectivity index (χ4v) is 4.12. The van der Waals surface area contributed by atoms with Gasteiger partial charge in [0.05, 0.1) is 11.4 Å². The van der Waals surface area contributed by atoms with Crippen LogP contribution in [0, 0.1) is 0 Å². The molecule has 0 radical (unpaired) electrons. The van der Waals surface area contributed by atoms with E-state index in [0.717, 1.165) is 4.90 Å². The summed E-state index contributed by atoms with van der Waals surface area (Å²) in [4.78, 5) is 30.6. The van der Waals surface area contributed by atoms with Crippen molar-refractivity contribution in [3.05, 3.63) is 101 Å². The van der Waals surface area contributed by atoms with E-state index in [1.807, 2.05) is 67.6 Å². The molecule has 2 aromatic carbocycles. The van der Waals surface area contributed by atoms with Crippen LogP contribution in [0.3, 0.4) is 0 Å². The Hall–Kier alpha value is -3.58. The number of ether oxygens (including phenoxy) is 1. The Morgan fingerprint density at radius 2 is 1.81 bits per heavy atom. The summed E-state index contributed by atoms with van der Waals surface area (Å²) in [7, 11) is 0. The maximum atomic E-state index is 12.9. The number of hydrogen-bond donors (Lipinski definition) is 1. The van der Waals surface area contributed by atoms with Gasteiger partial charge in [0.2, 0.25) is 0 Å². The molecule has 4 rings (SSSR count). The van der Waals surface area contributed by atoms with Crippen LogP contribution in [0.1, 0.15) is 19.0 Å². The average Bonchev–Trinajstić information content (AvgIpc) is 2.82. The molecular formula is C25H23N3O3S. The fraction of sp³-hybridized carbons (Fsp3) is 0.160. The highest BCUT2D eigenvalue weighted by Crippen LogP contribution is 2.29. The van der Waals surface area contributed by atoms with Gasteiger partial charge >= 0.3 is 0 Å². The van der Waals surface area contributed by atoms with Crippen LogP contribution < -0.4 is 15.6 Å². The maximum Gasteiger partial charge on any atom is 0.265 e. The number of amides is 1. The third-order valence-corrected chi connectivity index (χ3v) is 5.94. The minimum Gasteiger partial charge on any atom is -0.481 e. The van der Waals surface area contributed by atoms with E-state index >= 15 is 0 Å². The maximum absolute atomic E-state index is 12.9. The van der Waals surface area contributed by atoms with Crippen LogP contribution in [0.4, 0.5) is 5.69 Å². The van der Waals surface area contributed by atoms with Crippen molar-refractivity contribution in [1.29, 1.82) is 0 Å². The minimum absolute atomic E-state index is 0.114. The number of hydrogen-bond acceptors (Lipinski definition) is 5. The lowest BCUT2D eigenvalue weighted by Crippen LogP contribution is -2.32. The smallest absolute Gasteiger partial charge is 0.265 e. The van der Waals surface area contributed by atoms with E-state index in [0.29, 0.717) is 35.0 Å². The Morgan fingerprint density at radius 3 is 2.62 bits per heavy atom. The molecule has 2 aromatic heterocycles. The van der Waals surface area contributed by atoms with Crippen LogP contribution in [0.5, 0.6) is 5.75 Å². The molecule has 0 saturated carbocycles. The van der Waals surface area contributed by atoms with Crippen LogP contribution >= 0.6 is 11.8 Å². The molecule has 0 saturated heterocycles. The molecule has 7 heteroatoms. The molecule has 0 fully saturated rings. The molecule has 0 aliphatic rings. The number of fused-ring (bicyclic) bond motifs is 1. The Bertz CT molecular complexity index is 1270. The second-order valence-corrected chi connectivity index (χ2v) is 8.13. The fourth-order valence-electron chi connectivity index (χ4n) is 3.22. The van der Waals surface area contributed by atoms with Crippen LogP contribution in [0.15, 0.2) is 94.7 Å². The molecular weight excluding hydrogens is 422 g/mol. The number of pyridine rings is 1. The van der Waals surface area contributed by atoms with Gasteiger partial charge in [-0.1, -0.05) is 43.3 Å². The van der Waals surface area contributed by atoms with Crippen molar-refractivity contribution in [3.63, 3.8) is 0 Å². The zero-order valence-corrected chi connectivity index (χ0v) is 18.4. The predicted molar refractivity (Wildman–Crippen MR) is 127 cm³/mol. The lowest BCUT2D eigenvalue weighted by atomic mass is 10.2. The lowest BCUT2D eigenvalue weighted by molar-refractivity contribution is -0.122. The second kappa shape index (κ2) is 10.2. The highest BCUT2D eigenvalue weighted by Gasteiger charge is 2.19. The molecule has 1 atom stereocenters. The summed E-state index contributed by atoms with van der Waals surface area (Å²) >= 11 is 1.52. The van der Waals surface area contributed by atoms with E-state index in [2.05, 4.69) is 10.3 Å². The van der Waals surface area contributed by atoms with E-state index in [1.54, 1.807) is 24.4 Å². The number of thioether (sulfide) groups is 1. The van der Waals surface area contributed by atoms with Crippen LogP contribution in [-0.2, 0) is 10.5 Å². The number of carbonyl (C=O) groups is 1. The Morgan fingerprint density at radius 1 is 1.06 bits per heavy atom. The molecule has 1 amide bonds. The normalized spacial score (nSPS) is 11.8. The number of carbonyl (C=O) groups excluding carboxylic acids is 1. The van der Waals surface area contributed by atoms with Crippen molar-refractivity contribution in [1.82, 2.24) is 9.38 Å². The molecule has 1 N–H and O–H groups in total. The molecule has 32 heavy (non-hydrogen) atoms. The van der Waals surface area contributed by atoms with Crippen molar-refractivity contribution >= 4 is 29.0 Å². The van der Waals surface area contributed by atoms with Gasteiger partial charge in [-0.3, -0.25) is 14.0 Å². The molecule has 6 nitrogen and oxygen atoms in total. The lowest BCUT2D eigenvalue weighted by Gasteiger charge is -2.18. The van der Waals surface area contributed by atoms with E-state index in [-0.39, 0.29) is 11.5 Å². The van der Waals surface area contributed by atoms with Crippen molar-refractivity contribution in [2.45, 2.75) is 30.1 Å². The quantitative estimate of drug-likeness (QED) is 0.395. The Labute approximate surface area is 190 Å². The first-order chi connectivity index (χ1) is 15.6. The standard InChI is InChI=1S/C25H23N3O3S/c1-2-21(31-19-10-4-3-5-11-19)25(30)27-20-12-6-7-13-22(20)32-17-18-16-24(29)28-15-9-8-14-23(28)26-18/h3-16,21H,2,17H2,1H3,(H,27,30)/t21-/m1/s1. The molecule has 0 spiro atoms. The van der Waals surface area contributed by atoms with Crippen LogP contribution in [-0.4, -0.2) is 21.4 Å². The highest BCUT2D eigenvalue weighted by molar-refractivity contribution is 7.98. The number of benzene rings is 2. The topological polar surface area (TPSA) is 72.7 Å². The first kappa shape index (κ1) is 21.6. The van der Waals surface area contributed by atoms with Gasteiger partial charge in [0.25, 0.3) is 11.5 Å². The minimum atomic E-state index is -0.599. The second-order valence-electron chi connectivity index (χ2n) is 7.12. The van der Waals surface area contributed by atoms with Gasteiger partial charge in [-0.2, -0.15) is 0 Å². The van der Waals surface area contributed by atoms with Gasteiger partial charge in [-0.05, 0) is 42.8 Å². The number of para-hydroxylation sites is 2. The van der Waals surface area contributed by atoms with Crippen molar-refractivity contribution in [2.24, 2.45) is 0 Å². The number of nitrogens with one attached hydrogen (secondary N) is 1. The number of rotatable bonds is 8. The van der Waals surface area contributed by atoms with E-state index in [4.69, 9.17) is 4.74 Å². The molecule has 162 valence electrons. The first-order valence-electron chi connectivity index (χ1n) is 10.4. The molecule has 0 unspecified atom stereocenters. The summed E-state index contributed by atoms with van der Waals surface area (Å²) in [5.41, 5.74) is 1.89. The summed E-state index contributed by atoms with van der Waals surface area (Å²) in [6.45, 7) is 1.91. The van der Waals surface area contributed by atoms with Crippen molar-refractivity contribution < 1.29 is 9.53 Å². The third kappa shape index (κ3) is 5.18. The molecule has 2 heterocycles. The van der Waals surface area contributed by atoms with Gasteiger partial charge < -0.3 is 10.1 Å². The first-order valence-corrected chi connectivity index (χ1v) is 11.3. The monoisotopic (exact) mass is 445 g/mol. The van der Waals surface area contributed by atoms with Gasteiger partial charge in [0, 0.05) is 22.9 Å². The largest absolute Gasteiger partial charge is 0.481 e. The zero-order valence-electron chi connectivity index (χ0n) is 17.6. The van der Waals surface area contributed by atoms with Gasteiger partial charge in [-0.15, -0.1) is 11.8 Å². The molecule has 0 bridgehead atoms. The third-order valence-electron chi connectivity index (χ3n) is 4.83. The molecule has 0 aliphatic carbocycles. The SMILES string of the molecule is CC[C@@H](Oc1ccccc1)C(=O)Nc1ccccc1SCc1cc(=O)n2ccccc2n1. The number of anilines is 1. The summed E-state index contributed by atoms with van der Waals surface area (Å²) in [6.07, 6.45) is 1.65. The van der Waals surface area contributed by atoms with E-state index in [9.17, 15) is 9.59 Å². The summed E-state index contributed by atoms with van der Waals surface area (Å²) in [5, 5.41) is 2.99. The van der Waals surface area contributed by atoms with Crippen LogP contribution in [0.25, 0.3) is 5.65 Å². The van der Waals surface area contributed by atoms with Gasteiger partial charge in [0.15, 0.2) is 6.10 Å². The summed E-state index contributed by atoms with van der Waals surface area (Å²) < 4.78 is 7.37. The number of nitrogens with zero attached hydrogens (tertiary/aromatic N) is 2. The molecule has 0 aliphatic heterocycles. The van der Waals surface area contributed by atoms with Crippen LogP contribution in [0.2, 0.25) is 0 Å². The molecule has 4 aromatic rings. The Kier molecular flexibility index (Phi) is 6.87. The van der Waals surface area contributed by atoms with Gasteiger partial charge in [0.1, 0.15) is 11.4 Å². The predicted octanol–water partition coefficient (Wildman–Crippen LogP) is 4.78. The highest BCUT2D eigenvalue weighted by atomic mass is 32.2. The van der Waals surface area contributed by atoms with Crippen molar-refractivity contribution in [3.8, 4) is 5.75 Å². The van der Waals surface area contributed by atoms with Gasteiger partial charge in [-0.25, -0.2) is 4.98 Å².